The van der Waals surface area contributed by atoms with Crippen LogP contribution in [0.2, 0.25) is 0 Å². The first-order valence-electron chi connectivity index (χ1n) is 14.2. The Kier molecular flexibility index (Phi) is 5.71. The van der Waals surface area contributed by atoms with Gasteiger partial charge in [0.15, 0.2) is 0 Å². The smallest absolute Gasteiger partial charge is 0.0950 e. The molecule has 4 nitrogen and oxygen atoms in total. The fourth-order valence-electron chi connectivity index (χ4n) is 9.02. The van der Waals surface area contributed by atoms with Gasteiger partial charge in [-0.15, -0.1) is 0 Å². The monoisotopic (exact) mass is 494 g/mol. The summed E-state index contributed by atoms with van der Waals surface area (Å²) in [7, 11) is 0. The van der Waals surface area contributed by atoms with Gasteiger partial charge in [-0.1, -0.05) is 13.8 Å². The molecule has 7 rings (SSSR count). The van der Waals surface area contributed by atoms with Gasteiger partial charge in [-0.2, -0.15) is 11.8 Å². The van der Waals surface area contributed by atoms with Crippen molar-refractivity contribution in [2.75, 3.05) is 18.8 Å². The van der Waals surface area contributed by atoms with Gasteiger partial charge in [0, 0.05) is 46.6 Å². The van der Waals surface area contributed by atoms with E-state index >= 15 is 0 Å². The lowest BCUT2D eigenvalue weighted by molar-refractivity contribution is -0.0408. The molecule has 5 saturated heterocycles. The fraction of sp³-hybridized carbons (Fsp3) is 0.733. The Labute approximate surface area is 215 Å². The van der Waals surface area contributed by atoms with Crippen LogP contribution in [-0.2, 0) is 0 Å². The molecule has 0 aromatic carbocycles. The van der Waals surface area contributed by atoms with Gasteiger partial charge in [0.25, 0.3) is 0 Å². The van der Waals surface area contributed by atoms with Crippen LogP contribution >= 0.6 is 11.8 Å². The van der Waals surface area contributed by atoms with Crippen LogP contribution in [0.25, 0.3) is 0 Å². The zero-order chi connectivity index (χ0) is 23.6. The van der Waals surface area contributed by atoms with E-state index in [0.717, 1.165) is 23.9 Å². The lowest BCUT2D eigenvalue weighted by atomic mass is 9.65. The van der Waals surface area contributed by atoms with Gasteiger partial charge in [-0.3, -0.25) is 9.80 Å². The summed E-state index contributed by atoms with van der Waals surface area (Å²) in [5.74, 6) is 3.01. The van der Waals surface area contributed by atoms with E-state index in [1.54, 1.807) is 0 Å². The zero-order valence-electron chi connectivity index (χ0n) is 21.5. The lowest BCUT2D eigenvalue weighted by Crippen LogP contribution is -2.57. The molecule has 0 amide bonds. The molecule has 7 heterocycles. The maximum absolute atomic E-state index is 5.53. The van der Waals surface area contributed by atoms with Crippen LogP contribution < -0.4 is 0 Å². The highest BCUT2D eigenvalue weighted by Crippen LogP contribution is 2.61. The number of rotatable bonds is 2. The summed E-state index contributed by atoms with van der Waals surface area (Å²) in [6.07, 6.45) is 20.0. The summed E-state index contributed by atoms with van der Waals surface area (Å²) in [5, 5.41) is 0. The van der Waals surface area contributed by atoms with Crippen molar-refractivity contribution < 1.29 is 8.83 Å². The largest absolute Gasteiger partial charge is 0.472 e. The number of piperidine rings is 4. The van der Waals surface area contributed by atoms with E-state index in [1.165, 1.54) is 87.8 Å². The van der Waals surface area contributed by atoms with E-state index in [9.17, 15) is 0 Å². The maximum Gasteiger partial charge on any atom is 0.0950 e. The van der Waals surface area contributed by atoms with Crippen LogP contribution in [0.3, 0.4) is 0 Å². The van der Waals surface area contributed by atoms with Gasteiger partial charge in [-0.25, -0.2) is 0 Å². The summed E-state index contributed by atoms with van der Waals surface area (Å²) < 4.78 is 11.5. The van der Waals surface area contributed by atoms with Gasteiger partial charge >= 0.3 is 0 Å². The molecule has 5 aliphatic rings. The Bertz CT molecular complexity index is 1010. The number of furan rings is 2. The van der Waals surface area contributed by atoms with Crippen LogP contribution in [0, 0.1) is 17.3 Å². The second-order valence-corrected chi connectivity index (χ2v) is 14.4. The molecule has 0 saturated carbocycles. The minimum atomic E-state index is 0.458. The molecule has 5 aliphatic heterocycles. The van der Waals surface area contributed by atoms with Crippen molar-refractivity contribution in [3.63, 3.8) is 0 Å². The summed E-state index contributed by atoms with van der Waals surface area (Å²) in [6, 6.07) is 7.03. The van der Waals surface area contributed by atoms with Crippen LogP contribution in [0.5, 0.6) is 0 Å². The van der Waals surface area contributed by atoms with Crippen molar-refractivity contribution in [2.24, 2.45) is 17.3 Å². The Morgan fingerprint density at radius 1 is 0.829 bits per heavy atom. The first-order valence-corrected chi connectivity index (χ1v) is 15.2. The van der Waals surface area contributed by atoms with E-state index in [-0.39, 0.29) is 0 Å². The molecule has 0 N–H and O–H groups in total. The quantitative estimate of drug-likeness (QED) is 0.437. The fourth-order valence-corrected chi connectivity index (χ4v) is 10.9. The summed E-state index contributed by atoms with van der Waals surface area (Å²) in [4.78, 5) is 5.81. The SMILES string of the molecule is CC1CCC(c2ccoc2)N2CCC3(CSC4(CCC5C(C)CCC(c6ccoc6)N5C4)C3)CC12. The summed E-state index contributed by atoms with van der Waals surface area (Å²) in [5.41, 5.74) is 3.35. The molecule has 0 bridgehead atoms. The lowest BCUT2D eigenvalue weighted by Gasteiger charge is -2.55. The number of thioether (sulfide) groups is 1. The highest BCUT2D eigenvalue weighted by atomic mass is 32.2. The van der Waals surface area contributed by atoms with Gasteiger partial charge in [0.2, 0.25) is 0 Å². The Balaban J connectivity index is 1.10. The molecule has 0 radical (unpaired) electrons. The molecule has 0 aliphatic carbocycles. The third kappa shape index (κ3) is 3.87. The Morgan fingerprint density at radius 3 is 2.20 bits per heavy atom. The third-order valence-corrected chi connectivity index (χ3v) is 12.8. The molecule has 8 atom stereocenters. The third-order valence-electron chi connectivity index (χ3n) is 10.9. The Hall–Kier alpha value is -1.17. The van der Waals surface area contributed by atoms with Crippen molar-refractivity contribution in [3.05, 3.63) is 48.3 Å². The van der Waals surface area contributed by atoms with Crippen molar-refractivity contribution in [3.8, 4) is 0 Å². The second-order valence-electron chi connectivity index (χ2n) is 12.9. The predicted octanol–water partition coefficient (Wildman–Crippen LogP) is 7.31. The van der Waals surface area contributed by atoms with Gasteiger partial charge in [-0.05, 0) is 99.5 Å². The average molecular weight is 495 g/mol. The van der Waals surface area contributed by atoms with Gasteiger partial charge in [0.05, 0.1) is 25.1 Å². The molecule has 5 heteroatoms. The summed E-state index contributed by atoms with van der Waals surface area (Å²) in [6.45, 7) is 7.57. The zero-order valence-corrected chi connectivity index (χ0v) is 22.3. The Morgan fingerprint density at radius 2 is 1.51 bits per heavy atom. The van der Waals surface area contributed by atoms with Crippen LogP contribution in [0.4, 0.5) is 0 Å². The number of fused-ring (bicyclic) bond motifs is 2. The maximum atomic E-state index is 5.53. The van der Waals surface area contributed by atoms with E-state index in [4.69, 9.17) is 8.83 Å². The van der Waals surface area contributed by atoms with E-state index < -0.39 is 0 Å². The van der Waals surface area contributed by atoms with E-state index in [0.29, 0.717) is 22.2 Å². The van der Waals surface area contributed by atoms with Crippen molar-refractivity contribution in [1.82, 2.24) is 9.80 Å². The van der Waals surface area contributed by atoms with Crippen molar-refractivity contribution in [2.45, 2.75) is 101 Å². The molecule has 2 aromatic heterocycles. The molecule has 190 valence electrons. The molecule has 35 heavy (non-hydrogen) atoms. The predicted molar refractivity (Wildman–Crippen MR) is 141 cm³/mol. The van der Waals surface area contributed by atoms with Crippen LogP contribution in [-0.4, -0.2) is 45.5 Å². The standard InChI is InChI=1S/C30H42N2O2S/c1-21-3-6-27(24-9-14-34-17-24)32-19-30(10-7-25(21)32)18-29(20-35-30)11-12-31-26(23-8-13-33-16-23)5-4-22(2)28(31)15-29/h8-9,13-14,16-17,21-22,25-28H,3-7,10-12,15,18-20H2,1-2H3. The molecular formula is C30H42N2O2S. The minimum Gasteiger partial charge on any atom is -0.472 e. The average Bonchev–Trinajstić information content (AvgIpc) is 3.63. The molecular weight excluding hydrogens is 452 g/mol. The molecule has 8 unspecified atom stereocenters. The number of nitrogens with zero attached hydrogens (tertiary/aromatic N) is 2. The molecule has 2 aromatic rings. The number of hydrogen-bond acceptors (Lipinski definition) is 5. The van der Waals surface area contributed by atoms with E-state index in [2.05, 4.69) is 47.5 Å². The summed E-state index contributed by atoms with van der Waals surface area (Å²) >= 11 is 2.37. The second kappa shape index (κ2) is 8.70. The topological polar surface area (TPSA) is 32.8 Å². The normalized spacial score (nSPS) is 44.5. The van der Waals surface area contributed by atoms with E-state index in [1.807, 2.05) is 25.1 Å². The molecule has 2 spiro atoms. The first kappa shape index (κ1) is 23.0. The molecule has 5 fully saturated rings. The highest BCUT2D eigenvalue weighted by molar-refractivity contribution is 8.01. The van der Waals surface area contributed by atoms with Crippen molar-refractivity contribution >= 4 is 11.8 Å². The van der Waals surface area contributed by atoms with Crippen LogP contribution in [0.15, 0.2) is 46.0 Å². The minimum absolute atomic E-state index is 0.458. The highest BCUT2D eigenvalue weighted by Gasteiger charge is 2.56. The van der Waals surface area contributed by atoms with Gasteiger partial charge < -0.3 is 8.83 Å². The van der Waals surface area contributed by atoms with Crippen LogP contribution in [0.1, 0.15) is 94.8 Å². The number of hydrogen-bond donors (Lipinski definition) is 0. The first-order chi connectivity index (χ1) is 17.0. The van der Waals surface area contributed by atoms with Crippen molar-refractivity contribution in [1.29, 1.82) is 0 Å². The van der Waals surface area contributed by atoms with Gasteiger partial charge in [0.1, 0.15) is 0 Å².